The molecule has 1 aliphatic rings. The van der Waals surface area contributed by atoms with Crippen LogP contribution in [0, 0.1) is 0 Å². The lowest BCUT2D eigenvalue weighted by atomic mass is 10.1. The molecule has 3 aromatic rings. The second-order valence-electron chi connectivity index (χ2n) is 7.05. The zero-order valence-corrected chi connectivity index (χ0v) is 16.7. The Hall–Kier alpha value is -3.52. The van der Waals surface area contributed by atoms with Gasteiger partial charge in [-0.15, -0.1) is 0 Å². The third kappa shape index (κ3) is 4.38. The minimum atomic E-state index is -0.605. The van der Waals surface area contributed by atoms with E-state index >= 15 is 0 Å². The average molecular weight is 405 g/mol. The highest BCUT2D eigenvalue weighted by Gasteiger charge is 2.32. The molecule has 0 spiro atoms. The second kappa shape index (κ2) is 8.87. The number of benzene rings is 2. The quantitative estimate of drug-likeness (QED) is 0.607. The van der Waals surface area contributed by atoms with Gasteiger partial charge in [0.15, 0.2) is 0 Å². The fraction of sp³-hybridized carbons (Fsp3) is 0.273. The van der Waals surface area contributed by atoms with Gasteiger partial charge in [-0.05, 0) is 24.3 Å². The molecule has 2 N–H and O–H groups in total. The Morgan fingerprint density at radius 1 is 1.17 bits per heavy atom. The second-order valence-corrected chi connectivity index (χ2v) is 7.05. The number of para-hydroxylation sites is 2. The molecule has 1 amide bonds. The first kappa shape index (κ1) is 19.8. The highest BCUT2D eigenvalue weighted by molar-refractivity contribution is 5.91. The Morgan fingerprint density at radius 3 is 2.73 bits per heavy atom. The van der Waals surface area contributed by atoms with Gasteiger partial charge in [0.25, 0.3) is 0 Å². The number of nitrogens with zero attached hydrogens (tertiary/aromatic N) is 3. The molecule has 1 saturated heterocycles. The number of methoxy groups -OCH3 is 1. The maximum absolute atomic E-state index is 12.4. The SMILES string of the molecule is COC(=O)CC1C(=O)NCCN1Cc1nc(Nc2ccccc2)c2ccccc2n1. The molecule has 1 atom stereocenters. The molecule has 0 saturated carbocycles. The summed E-state index contributed by atoms with van der Waals surface area (Å²) in [6.07, 6.45) is -0.00889. The van der Waals surface area contributed by atoms with Crippen LogP contribution >= 0.6 is 0 Å². The molecule has 1 aliphatic heterocycles. The smallest absolute Gasteiger partial charge is 0.307 e. The number of amides is 1. The molecule has 0 bridgehead atoms. The van der Waals surface area contributed by atoms with Gasteiger partial charge >= 0.3 is 5.97 Å². The molecule has 8 nitrogen and oxygen atoms in total. The van der Waals surface area contributed by atoms with Crippen molar-refractivity contribution in [1.82, 2.24) is 20.2 Å². The van der Waals surface area contributed by atoms with Crippen LogP contribution in [-0.2, 0) is 20.9 Å². The highest BCUT2D eigenvalue weighted by Crippen LogP contribution is 2.24. The van der Waals surface area contributed by atoms with E-state index < -0.39 is 12.0 Å². The lowest BCUT2D eigenvalue weighted by Crippen LogP contribution is -2.55. The first-order chi connectivity index (χ1) is 14.6. The third-order valence-electron chi connectivity index (χ3n) is 5.06. The molecule has 1 fully saturated rings. The van der Waals surface area contributed by atoms with E-state index in [1.165, 1.54) is 7.11 Å². The van der Waals surface area contributed by atoms with Crippen LogP contribution in [0.15, 0.2) is 54.6 Å². The van der Waals surface area contributed by atoms with Crippen molar-refractivity contribution < 1.29 is 14.3 Å². The van der Waals surface area contributed by atoms with Gasteiger partial charge in [-0.3, -0.25) is 14.5 Å². The predicted molar refractivity (Wildman–Crippen MR) is 113 cm³/mol. The van der Waals surface area contributed by atoms with E-state index in [0.29, 0.717) is 31.3 Å². The van der Waals surface area contributed by atoms with Crippen molar-refractivity contribution in [2.75, 3.05) is 25.5 Å². The Balaban J connectivity index is 1.65. The summed E-state index contributed by atoms with van der Waals surface area (Å²) in [5, 5.41) is 7.08. The Labute approximate surface area is 174 Å². The van der Waals surface area contributed by atoms with E-state index in [4.69, 9.17) is 9.72 Å². The van der Waals surface area contributed by atoms with Gasteiger partial charge in [0, 0.05) is 24.2 Å². The summed E-state index contributed by atoms with van der Waals surface area (Å²) in [7, 11) is 1.32. The van der Waals surface area contributed by atoms with Crippen molar-refractivity contribution in [3.8, 4) is 0 Å². The maximum Gasteiger partial charge on any atom is 0.307 e. The van der Waals surface area contributed by atoms with Gasteiger partial charge in [0.05, 0.1) is 25.6 Å². The molecule has 8 heteroatoms. The molecule has 0 aliphatic carbocycles. The van der Waals surface area contributed by atoms with Crippen LogP contribution in [0.5, 0.6) is 0 Å². The summed E-state index contributed by atoms with van der Waals surface area (Å²) < 4.78 is 4.76. The number of ether oxygens (including phenoxy) is 1. The monoisotopic (exact) mass is 405 g/mol. The van der Waals surface area contributed by atoms with Gasteiger partial charge in [-0.1, -0.05) is 30.3 Å². The lowest BCUT2D eigenvalue weighted by molar-refractivity contribution is -0.146. The number of hydrogen-bond donors (Lipinski definition) is 2. The van der Waals surface area contributed by atoms with Crippen molar-refractivity contribution in [3.05, 3.63) is 60.4 Å². The number of nitrogens with one attached hydrogen (secondary N) is 2. The summed E-state index contributed by atoms with van der Waals surface area (Å²) >= 11 is 0. The standard InChI is InChI=1S/C22H23N5O3/c1-30-20(28)13-18-22(29)23-11-12-27(18)14-19-25-17-10-6-5-9-16(17)21(26-19)24-15-7-3-2-4-8-15/h2-10,18H,11-14H2,1H3,(H,23,29)(H,24,25,26). The van der Waals surface area contributed by atoms with E-state index in [0.717, 1.165) is 16.6 Å². The molecule has 4 rings (SSSR count). The summed E-state index contributed by atoms with van der Waals surface area (Å²) in [5.41, 5.74) is 1.74. The van der Waals surface area contributed by atoms with Crippen molar-refractivity contribution in [2.24, 2.45) is 0 Å². The molecular weight excluding hydrogens is 382 g/mol. The molecule has 2 heterocycles. The first-order valence-electron chi connectivity index (χ1n) is 9.80. The van der Waals surface area contributed by atoms with E-state index in [-0.39, 0.29) is 12.3 Å². The topological polar surface area (TPSA) is 96.5 Å². The van der Waals surface area contributed by atoms with Gasteiger partial charge < -0.3 is 15.4 Å². The number of hydrogen-bond acceptors (Lipinski definition) is 7. The number of anilines is 2. The Bertz CT molecular complexity index is 1060. The van der Waals surface area contributed by atoms with E-state index in [1.54, 1.807) is 0 Å². The Morgan fingerprint density at radius 2 is 1.93 bits per heavy atom. The summed E-state index contributed by atoms with van der Waals surface area (Å²) in [4.78, 5) is 35.5. The molecule has 0 radical (unpaired) electrons. The molecule has 1 unspecified atom stereocenters. The number of piperazine rings is 1. The van der Waals surface area contributed by atoms with Gasteiger partial charge in [-0.2, -0.15) is 0 Å². The minimum absolute atomic E-state index is 0.00889. The fourth-order valence-corrected chi connectivity index (χ4v) is 3.54. The van der Waals surface area contributed by atoms with E-state index in [1.807, 2.05) is 59.5 Å². The van der Waals surface area contributed by atoms with Crippen LogP contribution in [0.4, 0.5) is 11.5 Å². The summed E-state index contributed by atoms with van der Waals surface area (Å²) in [6.45, 7) is 1.47. The first-order valence-corrected chi connectivity index (χ1v) is 9.80. The van der Waals surface area contributed by atoms with Crippen molar-refractivity contribution >= 4 is 34.3 Å². The molecular formula is C22H23N5O3. The zero-order chi connectivity index (χ0) is 20.9. The molecule has 2 aromatic carbocycles. The van der Waals surface area contributed by atoms with Crippen LogP contribution in [0.25, 0.3) is 10.9 Å². The van der Waals surface area contributed by atoms with Crippen LogP contribution in [0.1, 0.15) is 12.2 Å². The minimum Gasteiger partial charge on any atom is -0.469 e. The predicted octanol–water partition coefficient (Wildman–Crippen LogP) is 2.24. The average Bonchev–Trinajstić information content (AvgIpc) is 2.77. The number of rotatable bonds is 6. The van der Waals surface area contributed by atoms with Gasteiger partial charge in [-0.25, -0.2) is 9.97 Å². The van der Waals surface area contributed by atoms with Gasteiger partial charge in [0.1, 0.15) is 17.7 Å². The van der Waals surface area contributed by atoms with Gasteiger partial charge in [0.2, 0.25) is 5.91 Å². The highest BCUT2D eigenvalue weighted by atomic mass is 16.5. The maximum atomic E-state index is 12.4. The van der Waals surface area contributed by atoms with Crippen molar-refractivity contribution in [2.45, 2.75) is 19.0 Å². The summed E-state index contributed by atoms with van der Waals surface area (Å²) in [6, 6.07) is 17.0. The van der Waals surface area contributed by atoms with Crippen LogP contribution in [0.2, 0.25) is 0 Å². The van der Waals surface area contributed by atoms with Crippen LogP contribution < -0.4 is 10.6 Å². The van der Waals surface area contributed by atoms with E-state index in [9.17, 15) is 9.59 Å². The largest absolute Gasteiger partial charge is 0.469 e. The fourth-order valence-electron chi connectivity index (χ4n) is 3.54. The number of carbonyl (C=O) groups excluding carboxylic acids is 2. The molecule has 154 valence electrons. The number of carbonyl (C=O) groups is 2. The van der Waals surface area contributed by atoms with Crippen LogP contribution in [0.3, 0.4) is 0 Å². The summed E-state index contributed by atoms with van der Waals surface area (Å²) in [5.74, 6) is 0.674. The molecule has 1 aromatic heterocycles. The van der Waals surface area contributed by atoms with E-state index in [2.05, 4.69) is 15.6 Å². The van der Waals surface area contributed by atoms with Crippen LogP contribution in [-0.4, -0.2) is 53.0 Å². The van der Waals surface area contributed by atoms with Crippen molar-refractivity contribution in [1.29, 1.82) is 0 Å². The van der Waals surface area contributed by atoms with Crippen molar-refractivity contribution in [3.63, 3.8) is 0 Å². The molecule has 30 heavy (non-hydrogen) atoms. The number of esters is 1. The number of fused-ring (bicyclic) bond motifs is 1. The Kier molecular flexibility index (Phi) is 5.85. The lowest BCUT2D eigenvalue weighted by Gasteiger charge is -2.33. The third-order valence-corrected chi connectivity index (χ3v) is 5.06. The number of aromatic nitrogens is 2. The zero-order valence-electron chi connectivity index (χ0n) is 16.7. The normalized spacial score (nSPS) is 16.8.